The van der Waals surface area contributed by atoms with Crippen molar-refractivity contribution in [2.45, 2.75) is 13.8 Å². The summed E-state index contributed by atoms with van der Waals surface area (Å²) in [5, 5.41) is 14.4. The summed E-state index contributed by atoms with van der Waals surface area (Å²) in [7, 11) is 0. The second kappa shape index (κ2) is 7.25. The van der Waals surface area contributed by atoms with Gasteiger partial charge in [-0.2, -0.15) is 0 Å². The normalized spacial score (nSPS) is 12.8. The minimum absolute atomic E-state index is 0.117. The summed E-state index contributed by atoms with van der Waals surface area (Å²) in [5.74, 6) is -0.0857. The molecule has 0 spiro atoms. The van der Waals surface area contributed by atoms with Crippen molar-refractivity contribution in [2.75, 3.05) is 18.4 Å². The van der Waals surface area contributed by atoms with E-state index in [0.717, 1.165) is 5.69 Å². The highest BCUT2D eigenvalue weighted by atomic mass is 16.4. The van der Waals surface area contributed by atoms with Crippen molar-refractivity contribution in [3.63, 3.8) is 0 Å². The highest BCUT2D eigenvalue weighted by Crippen LogP contribution is 2.08. The van der Waals surface area contributed by atoms with Crippen molar-refractivity contribution in [3.05, 3.63) is 30.3 Å². The molecule has 0 heterocycles. The summed E-state index contributed by atoms with van der Waals surface area (Å²) < 4.78 is 0. The Hall–Kier alpha value is -2.24. The molecule has 0 aliphatic rings. The summed E-state index contributed by atoms with van der Waals surface area (Å²) in [6.07, 6.45) is 0. The zero-order valence-electron chi connectivity index (χ0n) is 11.2. The summed E-state index contributed by atoms with van der Waals surface area (Å²) >= 11 is 0. The van der Waals surface area contributed by atoms with Crippen LogP contribution in [0.2, 0.25) is 0 Å². The van der Waals surface area contributed by atoms with Crippen LogP contribution in [0.25, 0.3) is 0 Å². The van der Waals surface area contributed by atoms with Gasteiger partial charge < -0.3 is 21.2 Å². The number of amidine groups is 1. The van der Waals surface area contributed by atoms with Crippen molar-refractivity contribution in [1.82, 2.24) is 4.90 Å². The molecule has 0 radical (unpaired) electrons. The summed E-state index contributed by atoms with van der Waals surface area (Å²) in [4.78, 5) is 13.7. The van der Waals surface area contributed by atoms with Gasteiger partial charge in [-0.25, -0.2) is 4.79 Å². The van der Waals surface area contributed by atoms with E-state index in [1.54, 1.807) is 11.8 Å². The van der Waals surface area contributed by atoms with E-state index in [9.17, 15) is 4.79 Å². The van der Waals surface area contributed by atoms with Gasteiger partial charge in [0.1, 0.15) is 5.84 Å². The second-order valence-electron chi connectivity index (χ2n) is 4.26. The molecule has 19 heavy (non-hydrogen) atoms. The number of carbonyl (C=O) groups is 1. The maximum absolute atomic E-state index is 12.1. The molecule has 6 heteroatoms. The minimum Gasteiger partial charge on any atom is -0.409 e. The Morgan fingerprint density at radius 3 is 2.63 bits per heavy atom. The van der Waals surface area contributed by atoms with Crippen molar-refractivity contribution in [3.8, 4) is 0 Å². The molecule has 0 aliphatic heterocycles. The van der Waals surface area contributed by atoms with E-state index in [4.69, 9.17) is 10.9 Å². The number of carbonyl (C=O) groups excluding carboxylic acids is 1. The average molecular weight is 264 g/mol. The van der Waals surface area contributed by atoms with Gasteiger partial charge in [-0.3, -0.25) is 0 Å². The van der Waals surface area contributed by atoms with Gasteiger partial charge in [0.25, 0.3) is 0 Å². The first-order chi connectivity index (χ1) is 9.08. The molecule has 0 bridgehead atoms. The van der Waals surface area contributed by atoms with E-state index in [2.05, 4.69) is 10.5 Å². The molecule has 104 valence electrons. The molecule has 0 saturated heterocycles. The van der Waals surface area contributed by atoms with Crippen molar-refractivity contribution in [1.29, 1.82) is 0 Å². The lowest BCUT2D eigenvalue weighted by Gasteiger charge is -2.24. The summed E-state index contributed by atoms with van der Waals surface area (Å²) in [5.41, 5.74) is 6.25. The van der Waals surface area contributed by atoms with Gasteiger partial charge >= 0.3 is 6.03 Å². The number of nitrogens with zero attached hydrogens (tertiary/aromatic N) is 2. The van der Waals surface area contributed by atoms with E-state index >= 15 is 0 Å². The number of benzene rings is 1. The number of para-hydroxylation sites is 1. The summed E-state index contributed by atoms with van der Waals surface area (Å²) in [6, 6.07) is 9.02. The number of nitrogens with two attached hydrogens (primary N) is 1. The van der Waals surface area contributed by atoms with Crippen LogP contribution in [-0.2, 0) is 0 Å². The first kappa shape index (κ1) is 14.8. The Bertz CT molecular complexity index is 434. The van der Waals surface area contributed by atoms with E-state index in [1.165, 1.54) is 0 Å². The number of rotatable bonds is 5. The van der Waals surface area contributed by atoms with E-state index in [1.807, 2.05) is 37.3 Å². The van der Waals surface area contributed by atoms with Crippen LogP contribution in [0.3, 0.4) is 0 Å². The Kier molecular flexibility index (Phi) is 5.66. The molecular formula is C13H20N4O2. The Morgan fingerprint density at radius 2 is 2.11 bits per heavy atom. The molecule has 1 unspecified atom stereocenters. The van der Waals surface area contributed by atoms with Crippen LogP contribution in [-0.4, -0.2) is 35.1 Å². The number of amides is 2. The molecule has 1 atom stereocenters. The highest BCUT2D eigenvalue weighted by molar-refractivity contribution is 5.90. The zero-order chi connectivity index (χ0) is 14.3. The van der Waals surface area contributed by atoms with Crippen LogP contribution < -0.4 is 11.1 Å². The fourth-order valence-electron chi connectivity index (χ4n) is 1.60. The largest absolute Gasteiger partial charge is 0.409 e. The van der Waals surface area contributed by atoms with E-state index in [-0.39, 0.29) is 17.8 Å². The number of oxime groups is 1. The van der Waals surface area contributed by atoms with Gasteiger partial charge in [-0.1, -0.05) is 30.3 Å². The molecule has 0 aliphatic carbocycles. The van der Waals surface area contributed by atoms with Crippen LogP contribution in [0.1, 0.15) is 13.8 Å². The first-order valence-electron chi connectivity index (χ1n) is 6.16. The maximum Gasteiger partial charge on any atom is 0.321 e. The molecule has 1 rings (SSSR count). The lowest BCUT2D eigenvalue weighted by Crippen LogP contribution is -2.41. The van der Waals surface area contributed by atoms with Crippen LogP contribution in [0.4, 0.5) is 10.5 Å². The molecule has 6 nitrogen and oxygen atoms in total. The molecule has 0 saturated carbocycles. The maximum atomic E-state index is 12.1. The number of hydrogen-bond donors (Lipinski definition) is 3. The number of urea groups is 1. The molecule has 1 aromatic carbocycles. The van der Waals surface area contributed by atoms with Gasteiger partial charge in [0, 0.05) is 24.7 Å². The first-order valence-corrected chi connectivity index (χ1v) is 6.16. The lowest BCUT2D eigenvalue weighted by molar-refractivity contribution is 0.210. The third kappa shape index (κ3) is 4.50. The lowest BCUT2D eigenvalue weighted by atomic mass is 10.1. The number of hydrogen-bond acceptors (Lipinski definition) is 3. The Labute approximate surface area is 112 Å². The average Bonchev–Trinajstić information content (AvgIpc) is 2.44. The fraction of sp³-hybridized carbons (Fsp3) is 0.385. The van der Waals surface area contributed by atoms with Crippen LogP contribution in [0, 0.1) is 5.92 Å². The standard InChI is InChI=1S/C13H20N4O2/c1-3-17(9-10(2)12(14)16-19)13(18)15-11-7-5-4-6-8-11/h4-8,10,19H,3,9H2,1-2H3,(H2,14,16)(H,15,18). The topological polar surface area (TPSA) is 90.9 Å². The van der Waals surface area contributed by atoms with Gasteiger partial charge in [-0.15, -0.1) is 0 Å². The quantitative estimate of drug-likeness (QED) is 0.328. The van der Waals surface area contributed by atoms with E-state index < -0.39 is 0 Å². The fourth-order valence-corrected chi connectivity index (χ4v) is 1.60. The molecule has 0 fully saturated rings. The van der Waals surface area contributed by atoms with Crippen LogP contribution in [0.15, 0.2) is 35.5 Å². The van der Waals surface area contributed by atoms with Crippen molar-refractivity contribution >= 4 is 17.6 Å². The second-order valence-corrected chi connectivity index (χ2v) is 4.26. The van der Waals surface area contributed by atoms with Gasteiger partial charge in [-0.05, 0) is 19.1 Å². The minimum atomic E-state index is -0.203. The van der Waals surface area contributed by atoms with Gasteiger partial charge in [0.2, 0.25) is 0 Å². The van der Waals surface area contributed by atoms with E-state index in [0.29, 0.717) is 13.1 Å². The molecular weight excluding hydrogens is 244 g/mol. The molecule has 2 amide bonds. The van der Waals surface area contributed by atoms with Crippen molar-refractivity contribution < 1.29 is 10.0 Å². The van der Waals surface area contributed by atoms with Crippen LogP contribution >= 0.6 is 0 Å². The zero-order valence-corrected chi connectivity index (χ0v) is 11.2. The predicted octanol–water partition coefficient (Wildman–Crippen LogP) is 1.92. The smallest absolute Gasteiger partial charge is 0.321 e. The Balaban J connectivity index is 2.62. The third-order valence-electron chi connectivity index (χ3n) is 2.81. The molecule has 1 aromatic rings. The number of anilines is 1. The van der Waals surface area contributed by atoms with Crippen LogP contribution in [0.5, 0.6) is 0 Å². The highest BCUT2D eigenvalue weighted by Gasteiger charge is 2.17. The van der Waals surface area contributed by atoms with Crippen molar-refractivity contribution in [2.24, 2.45) is 16.8 Å². The molecule has 4 N–H and O–H groups in total. The number of nitrogens with one attached hydrogen (secondary N) is 1. The van der Waals surface area contributed by atoms with Gasteiger partial charge in [0.05, 0.1) is 0 Å². The monoisotopic (exact) mass is 264 g/mol. The molecule has 0 aromatic heterocycles. The Morgan fingerprint density at radius 1 is 1.47 bits per heavy atom. The van der Waals surface area contributed by atoms with Gasteiger partial charge in [0.15, 0.2) is 0 Å². The third-order valence-corrected chi connectivity index (χ3v) is 2.81. The summed E-state index contributed by atoms with van der Waals surface area (Å²) in [6.45, 7) is 4.61. The predicted molar refractivity (Wildman–Crippen MR) is 75.3 cm³/mol. The SMILES string of the molecule is CCN(CC(C)/C(N)=N/O)C(=O)Nc1ccccc1.